The molecule has 0 aliphatic heterocycles. The molecule has 0 radical (unpaired) electrons. The normalized spacial score (nSPS) is 11.2. The predicted octanol–water partition coefficient (Wildman–Crippen LogP) is 4.80. The highest BCUT2D eigenvalue weighted by molar-refractivity contribution is 7.71. The molecule has 0 spiro atoms. The topological polar surface area (TPSA) is 64.4 Å². The van der Waals surface area contributed by atoms with Crippen LogP contribution in [0.2, 0.25) is 10.0 Å². The Kier molecular flexibility index (Phi) is 5.98. The minimum absolute atomic E-state index is 0.276. The van der Waals surface area contributed by atoms with Gasteiger partial charge in [-0.15, -0.1) is 11.3 Å². The first-order valence-corrected chi connectivity index (χ1v) is 9.42. The molecule has 3 aromatic rings. The van der Waals surface area contributed by atoms with Gasteiger partial charge in [0, 0.05) is 16.9 Å². The molecule has 1 aromatic carbocycles. The molecule has 0 atom stereocenters. The van der Waals surface area contributed by atoms with Crippen LogP contribution in [0.1, 0.15) is 16.3 Å². The standard InChI is InChI=1S/C16H14Cl2N4O2S2/c1-23-14-9(6-11(17)15(24-2)13(14)18)8-19-22-12(20-21-16(22)25)7-10-4-3-5-26-10/h3-6,8H,7H2,1-2H3,(H,21,25)/b19-8-. The van der Waals surface area contributed by atoms with Crippen LogP contribution in [-0.2, 0) is 6.42 Å². The Labute approximate surface area is 169 Å². The number of hydrogen-bond acceptors (Lipinski definition) is 6. The molecule has 2 aromatic heterocycles. The number of thiophene rings is 1. The maximum atomic E-state index is 6.30. The summed E-state index contributed by atoms with van der Waals surface area (Å²) in [6, 6.07) is 5.68. The van der Waals surface area contributed by atoms with Gasteiger partial charge in [0.15, 0.2) is 11.6 Å². The number of rotatable bonds is 6. The van der Waals surface area contributed by atoms with Gasteiger partial charge in [-0.05, 0) is 29.7 Å². The van der Waals surface area contributed by atoms with Crippen LogP contribution in [0.4, 0.5) is 0 Å². The zero-order valence-electron chi connectivity index (χ0n) is 13.8. The fourth-order valence-electron chi connectivity index (χ4n) is 2.34. The molecule has 0 aliphatic carbocycles. The Morgan fingerprint density at radius 3 is 2.77 bits per heavy atom. The molecule has 0 saturated heterocycles. The summed E-state index contributed by atoms with van der Waals surface area (Å²) < 4.78 is 12.5. The Morgan fingerprint density at radius 2 is 2.12 bits per heavy atom. The van der Waals surface area contributed by atoms with Gasteiger partial charge in [-0.3, -0.25) is 5.10 Å². The third-order valence-electron chi connectivity index (χ3n) is 3.51. The Hall–Kier alpha value is -1.87. The number of methoxy groups -OCH3 is 2. The van der Waals surface area contributed by atoms with Crippen LogP contribution in [0.3, 0.4) is 0 Å². The molecule has 136 valence electrons. The lowest BCUT2D eigenvalue weighted by molar-refractivity contribution is 0.394. The van der Waals surface area contributed by atoms with Gasteiger partial charge in [-0.2, -0.15) is 14.9 Å². The molecule has 1 N–H and O–H groups in total. The second-order valence-corrected chi connectivity index (χ2v) is 7.29. The maximum Gasteiger partial charge on any atom is 0.216 e. The van der Waals surface area contributed by atoms with Crippen LogP contribution >= 0.6 is 46.8 Å². The third kappa shape index (κ3) is 3.78. The lowest BCUT2D eigenvalue weighted by Gasteiger charge is -2.12. The zero-order chi connectivity index (χ0) is 18.7. The largest absolute Gasteiger partial charge is 0.494 e. The van der Waals surface area contributed by atoms with Crippen molar-refractivity contribution in [2.24, 2.45) is 5.10 Å². The average molecular weight is 429 g/mol. The van der Waals surface area contributed by atoms with Crippen LogP contribution in [-0.4, -0.2) is 35.3 Å². The first-order chi connectivity index (χ1) is 12.5. The van der Waals surface area contributed by atoms with E-state index in [0.717, 1.165) is 4.88 Å². The van der Waals surface area contributed by atoms with Crippen LogP contribution in [0.15, 0.2) is 28.7 Å². The summed E-state index contributed by atoms with van der Waals surface area (Å²) in [4.78, 5) is 1.16. The number of nitrogens with one attached hydrogen (secondary N) is 1. The van der Waals surface area contributed by atoms with Gasteiger partial charge in [0.25, 0.3) is 0 Å². The van der Waals surface area contributed by atoms with Gasteiger partial charge in [-0.25, -0.2) is 0 Å². The van der Waals surface area contributed by atoms with Crippen LogP contribution in [0.5, 0.6) is 11.5 Å². The zero-order valence-corrected chi connectivity index (χ0v) is 17.0. The van der Waals surface area contributed by atoms with E-state index in [1.54, 1.807) is 28.3 Å². The van der Waals surface area contributed by atoms with Crippen molar-refractivity contribution < 1.29 is 9.47 Å². The molecule has 2 heterocycles. The van der Waals surface area contributed by atoms with E-state index in [4.69, 9.17) is 44.9 Å². The number of aromatic amines is 1. The first-order valence-electron chi connectivity index (χ1n) is 7.38. The number of aromatic nitrogens is 3. The monoisotopic (exact) mass is 428 g/mol. The lowest BCUT2D eigenvalue weighted by Crippen LogP contribution is -2.01. The van der Waals surface area contributed by atoms with Gasteiger partial charge < -0.3 is 9.47 Å². The SMILES string of the molecule is COc1c(Cl)cc(/C=N\n2c(Cc3cccs3)n[nH]c2=S)c(OC)c1Cl. The van der Waals surface area contributed by atoms with E-state index in [1.165, 1.54) is 14.2 Å². The summed E-state index contributed by atoms with van der Waals surface area (Å²) >= 11 is 19.4. The molecule has 3 rings (SSSR count). The number of halogens is 2. The summed E-state index contributed by atoms with van der Waals surface area (Å²) in [5, 5.41) is 14.1. The van der Waals surface area contributed by atoms with E-state index in [0.29, 0.717) is 39.1 Å². The minimum Gasteiger partial charge on any atom is -0.494 e. The molecule has 0 fully saturated rings. The molecule has 0 amide bonds. The molecule has 26 heavy (non-hydrogen) atoms. The maximum absolute atomic E-state index is 6.30. The second-order valence-electron chi connectivity index (χ2n) is 5.09. The van der Waals surface area contributed by atoms with Crippen molar-refractivity contribution in [2.45, 2.75) is 6.42 Å². The van der Waals surface area contributed by atoms with Crippen LogP contribution in [0.25, 0.3) is 0 Å². The minimum atomic E-state index is 0.276. The van der Waals surface area contributed by atoms with E-state index < -0.39 is 0 Å². The molecule has 6 nitrogen and oxygen atoms in total. The highest BCUT2D eigenvalue weighted by atomic mass is 35.5. The predicted molar refractivity (Wildman–Crippen MR) is 107 cm³/mol. The van der Waals surface area contributed by atoms with Crippen molar-refractivity contribution in [1.82, 2.24) is 14.9 Å². The molecule has 10 heteroatoms. The van der Waals surface area contributed by atoms with Crippen LogP contribution in [0, 0.1) is 4.77 Å². The quantitative estimate of drug-likeness (QED) is 0.452. The van der Waals surface area contributed by atoms with Crippen molar-refractivity contribution in [3.63, 3.8) is 0 Å². The fraction of sp³-hybridized carbons (Fsp3) is 0.188. The fourth-order valence-corrected chi connectivity index (χ4v) is 3.94. The summed E-state index contributed by atoms with van der Waals surface area (Å²) in [6.07, 6.45) is 2.18. The van der Waals surface area contributed by atoms with E-state index in [2.05, 4.69) is 15.3 Å². The van der Waals surface area contributed by atoms with E-state index in [1.807, 2.05) is 17.5 Å². The van der Waals surface area contributed by atoms with Crippen molar-refractivity contribution >= 4 is 53.0 Å². The molecule has 0 unspecified atom stereocenters. The number of ether oxygens (including phenoxy) is 2. The van der Waals surface area contributed by atoms with Crippen LogP contribution < -0.4 is 9.47 Å². The molecular formula is C16H14Cl2N4O2S2. The molecular weight excluding hydrogens is 415 g/mol. The highest BCUT2D eigenvalue weighted by Gasteiger charge is 2.17. The molecule has 0 bridgehead atoms. The van der Waals surface area contributed by atoms with Crippen molar-refractivity contribution in [1.29, 1.82) is 0 Å². The Bertz CT molecular complexity index is 997. The molecule has 0 aliphatic rings. The van der Waals surface area contributed by atoms with Crippen molar-refractivity contribution in [2.75, 3.05) is 14.2 Å². The van der Waals surface area contributed by atoms with Crippen molar-refractivity contribution in [3.8, 4) is 11.5 Å². The Morgan fingerprint density at radius 1 is 1.35 bits per heavy atom. The first kappa shape index (κ1) is 18.9. The summed E-state index contributed by atoms with van der Waals surface area (Å²) in [5.41, 5.74) is 0.591. The third-order valence-corrected chi connectivity index (χ3v) is 5.28. The second kappa shape index (κ2) is 8.22. The Balaban J connectivity index is 1.99. The number of benzene rings is 1. The number of nitrogens with zero attached hydrogens (tertiary/aromatic N) is 3. The highest BCUT2D eigenvalue weighted by Crippen LogP contribution is 2.41. The van der Waals surface area contributed by atoms with Gasteiger partial charge in [-0.1, -0.05) is 29.3 Å². The lowest BCUT2D eigenvalue weighted by atomic mass is 10.2. The van der Waals surface area contributed by atoms with Gasteiger partial charge >= 0.3 is 0 Å². The smallest absolute Gasteiger partial charge is 0.216 e. The van der Waals surface area contributed by atoms with Gasteiger partial charge in [0.2, 0.25) is 4.77 Å². The number of H-pyrrole nitrogens is 1. The van der Waals surface area contributed by atoms with Gasteiger partial charge in [0.05, 0.1) is 25.5 Å². The van der Waals surface area contributed by atoms with E-state index in [9.17, 15) is 0 Å². The van der Waals surface area contributed by atoms with E-state index >= 15 is 0 Å². The summed E-state index contributed by atoms with van der Waals surface area (Å²) in [6.45, 7) is 0. The van der Waals surface area contributed by atoms with Crippen molar-refractivity contribution in [3.05, 3.63) is 54.7 Å². The average Bonchev–Trinajstić information content (AvgIpc) is 3.24. The van der Waals surface area contributed by atoms with E-state index in [-0.39, 0.29) is 5.02 Å². The van der Waals surface area contributed by atoms with Gasteiger partial charge in [0.1, 0.15) is 10.8 Å². The summed E-state index contributed by atoms with van der Waals surface area (Å²) in [5.74, 6) is 1.45. The number of hydrogen-bond donors (Lipinski definition) is 1. The summed E-state index contributed by atoms with van der Waals surface area (Å²) in [7, 11) is 3.00. The molecule has 0 saturated carbocycles.